The van der Waals surface area contributed by atoms with Crippen LogP contribution in [0.1, 0.15) is 27.0 Å². The highest BCUT2D eigenvalue weighted by molar-refractivity contribution is 6.09. The van der Waals surface area contributed by atoms with E-state index in [-0.39, 0.29) is 39.8 Å². The molecule has 4 aromatic carbocycles. The standard InChI is InChI=1S/C15H17N3O2.C14H14N4O4/c1-9-3-5-11(12(16)7-9)15(19)18-14-6-4-10(20-2)8-13(14)17;1-7-3-9(13(17(19)20)5-11(7)15)10-4-8(2)12(16)6-14(10)18(21)22/h3-8H,16-17H2,1-2H3,(H,18,19);3-6H,15-16H2,1-2H3. The number of ether oxygens (including phenoxy) is 1. The van der Waals surface area contributed by atoms with Crippen molar-refractivity contribution < 1.29 is 19.4 Å². The van der Waals surface area contributed by atoms with E-state index in [1.807, 2.05) is 13.0 Å². The van der Waals surface area contributed by atoms with E-state index in [1.54, 1.807) is 51.3 Å². The lowest BCUT2D eigenvalue weighted by atomic mass is 9.96. The molecule has 4 rings (SSSR count). The molecule has 0 heterocycles. The number of nitro benzene ring substituents is 2. The molecule has 13 heteroatoms. The van der Waals surface area contributed by atoms with Crippen molar-refractivity contribution in [3.63, 3.8) is 0 Å². The Hall–Kier alpha value is -5.85. The van der Waals surface area contributed by atoms with E-state index < -0.39 is 9.85 Å². The molecule has 0 saturated heterocycles. The van der Waals surface area contributed by atoms with Crippen molar-refractivity contribution in [3.8, 4) is 16.9 Å². The summed E-state index contributed by atoms with van der Waals surface area (Å²) in [5.41, 5.74) is 27.4. The first-order chi connectivity index (χ1) is 19.7. The number of hydrogen-bond acceptors (Lipinski definition) is 10. The summed E-state index contributed by atoms with van der Waals surface area (Å²) in [5, 5.41) is 25.2. The maximum absolute atomic E-state index is 12.2. The summed E-state index contributed by atoms with van der Waals surface area (Å²) >= 11 is 0. The lowest BCUT2D eigenvalue weighted by molar-refractivity contribution is -0.386. The average Bonchev–Trinajstić information content (AvgIpc) is 2.92. The molecule has 0 bridgehead atoms. The number of benzene rings is 4. The Morgan fingerprint density at radius 3 is 1.67 bits per heavy atom. The van der Waals surface area contributed by atoms with Crippen molar-refractivity contribution in [2.24, 2.45) is 0 Å². The van der Waals surface area contributed by atoms with Crippen LogP contribution in [0.25, 0.3) is 11.1 Å². The van der Waals surface area contributed by atoms with Crippen LogP contribution >= 0.6 is 0 Å². The molecule has 0 aromatic heterocycles. The number of carbonyl (C=O) groups is 1. The number of aryl methyl sites for hydroxylation is 3. The monoisotopic (exact) mass is 573 g/mol. The Morgan fingerprint density at radius 1 is 0.714 bits per heavy atom. The fourth-order valence-electron chi connectivity index (χ4n) is 4.02. The zero-order valence-corrected chi connectivity index (χ0v) is 23.4. The van der Waals surface area contributed by atoms with Crippen molar-refractivity contribution in [1.82, 2.24) is 0 Å². The van der Waals surface area contributed by atoms with Gasteiger partial charge in [0.05, 0.1) is 45.0 Å². The number of rotatable bonds is 6. The quantitative estimate of drug-likeness (QED) is 0.112. The van der Waals surface area contributed by atoms with Gasteiger partial charge in [0.25, 0.3) is 17.3 Å². The number of hydrogen-bond donors (Lipinski definition) is 5. The molecule has 0 spiro atoms. The molecule has 9 N–H and O–H groups in total. The number of carbonyl (C=O) groups excluding carboxylic acids is 1. The van der Waals surface area contributed by atoms with Crippen LogP contribution in [0.15, 0.2) is 60.7 Å². The van der Waals surface area contributed by atoms with E-state index in [0.29, 0.717) is 39.5 Å². The fourth-order valence-corrected chi connectivity index (χ4v) is 4.02. The highest BCUT2D eigenvalue weighted by Gasteiger charge is 2.25. The third-order valence-corrected chi connectivity index (χ3v) is 6.41. The summed E-state index contributed by atoms with van der Waals surface area (Å²) in [4.78, 5) is 33.4. The molecule has 218 valence electrons. The SMILES string of the molecule is COc1ccc(NC(=O)c2ccc(C)cc2N)c(N)c1.Cc1cc(-c2cc(C)c(N)cc2[N+](=O)[O-])c([N+](=O)[O-])cc1N. The van der Waals surface area contributed by atoms with Gasteiger partial charge in [-0.2, -0.15) is 0 Å². The zero-order chi connectivity index (χ0) is 31.3. The second kappa shape index (κ2) is 12.6. The van der Waals surface area contributed by atoms with E-state index in [2.05, 4.69) is 5.32 Å². The number of nitro groups is 2. The van der Waals surface area contributed by atoms with Gasteiger partial charge in [0.15, 0.2) is 0 Å². The van der Waals surface area contributed by atoms with Gasteiger partial charge >= 0.3 is 0 Å². The first-order valence-corrected chi connectivity index (χ1v) is 12.4. The van der Waals surface area contributed by atoms with Crippen LogP contribution in [0.4, 0.5) is 39.8 Å². The summed E-state index contributed by atoms with van der Waals surface area (Å²) in [6.45, 7) is 5.27. The average molecular weight is 574 g/mol. The first kappa shape index (κ1) is 30.7. The van der Waals surface area contributed by atoms with E-state index in [9.17, 15) is 25.0 Å². The Morgan fingerprint density at radius 2 is 1.24 bits per heavy atom. The van der Waals surface area contributed by atoms with Gasteiger partial charge in [-0.25, -0.2) is 0 Å². The fraction of sp³-hybridized carbons (Fsp3) is 0.138. The molecular weight excluding hydrogens is 542 g/mol. The molecule has 13 nitrogen and oxygen atoms in total. The molecular formula is C29H31N7O6. The summed E-state index contributed by atoms with van der Waals surface area (Å²) in [6, 6.07) is 15.7. The lowest BCUT2D eigenvalue weighted by Gasteiger charge is -2.11. The highest BCUT2D eigenvalue weighted by Crippen LogP contribution is 2.40. The van der Waals surface area contributed by atoms with Crippen LogP contribution < -0.4 is 33.0 Å². The molecule has 0 atom stereocenters. The maximum Gasteiger partial charge on any atom is 0.279 e. The van der Waals surface area contributed by atoms with Crippen molar-refractivity contribution >= 4 is 45.7 Å². The summed E-state index contributed by atoms with van der Waals surface area (Å²) in [5.74, 6) is 0.342. The molecule has 0 aliphatic rings. The molecule has 0 saturated carbocycles. The molecule has 0 radical (unpaired) electrons. The van der Waals surface area contributed by atoms with E-state index in [1.165, 1.54) is 24.3 Å². The van der Waals surface area contributed by atoms with E-state index in [4.69, 9.17) is 27.7 Å². The van der Waals surface area contributed by atoms with Gasteiger partial charge in [0, 0.05) is 35.3 Å². The van der Waals surface area contributed by atoms with Gasteiger partial charge in [-0.05, 0) is 73.9 Å². The molecule has 0 fully saturated rings. The number of nitrogens with zero attached hydrogens (tertiary/aromatic N) is 2. The minimum Gasteiger partial charge on any atom is -0.497 e. The molecule has 4 aromatic rings. The van der Waals surface area contributed by atoms with Crippen molar-refractivity contribution in [1.29, 1.82) is 0 Å². The Kier molecular flexibility index (Phi) is 9.17. The van der Waals surface area contributed by atoms with Gasteiger partial charge < -0.3 is 33.0 Å². The second-order valence-corrected chi connectivity index (χ2v) is 9.46. The van der Waals surface area contributed by atoms with Crippen LogP contribution in [0.3, 0.4) is 0 Å². The Bertz CT molecular complexity index is 1640. The summed E-state index contributed by atoms with van der Waals surface area (Å²) < 4.78 is 5.06. The molecule has 0 unspecified atom stereocenters. The number of anilines is 5. The largest absolute Gasteiger partial charge is 0.497 e. The number of nitrogens with one attached hydrogen (secondary N) is 1. The number of nitrogen functional groups attached to an aromatic ring is 4. The predicted molar refractivity (Wildman–Crippen MR) is 164 cm³/mol. The van der Waals surface area contributed by atoms with Gasteiger partial charge in [-0.15, -0.1) is 0 Å². The number of nitrogens with two attached hydrogens (primary N) is 4. The smallest absolute Gasteiger partial charge is 0.279 e. The van der Waals surface area contributed by atoms with E-state index >= 15 is 0 Å². The van der Waals surface area contributed by atoms with Crippen LogP contribution in [0.5, 0.6) is 5.75 Å². The minimum atomic E-state index is -0.611. The Balaban J connectivity index is 0.000000231. The molecule has 42 heavy (non-hydrogen) atoms. The minimum absolute atomic E-state index is 0.145. The second-order valence-electron chi connectivity index (χ2n) is 9.46. The van der Waals surface area contributed by atoms with Crippen LogP contribution in [-0.2, 0) is 0 Å². The first-order valence-electron chi connectivity index (χ1n) is 12.4. The summed E-state index contributed by atoms with van der Waals surface area (Å²) in [6.07, 6.45) is 0. The zero-order valence-electron chi connectivity index (χ0n) is 23.4. The normalized spacial score (nSPS) is 10.3. The van der Waals surface area contributed by atoms with Crippen molar-refractivity contribution in [2.45, 2.75) is 20.8 Å². The number of amides is 1. The van der Waals surface area contributed by atoms with Gasteiger partial charge in [-0.3, -0.25) is 25.0 Å². The lowest BCUT2D eigenvalue weighted by Crippen LogP contribution is -2.15. The van der Waals surface area contributed by atoms with E-state index in [0.717, 1.165) is 5.56 Å². The Labute approximate surface area is 241 Å². The molecule has 0 aliphatic heterocycles. The van der Waals surface area contributed by atoms with Crippen LogP contribution in [0.2, 0.25) is 0 Å². The number of methoxy groups -OCH3 is 1. The molecule has 0 aliphatic carbocycles. The van der Waals surface area contributed by atoms with Crippen molar-refractivity contribution in [3.05, 3.63) is 103 Å². The third kappa shape index (κ3) is 6.83. The van der Waals surface area contributed by atoms with Crippen LogP contribution in [-0.4, -0.2) is 22.9 Å². The van der Waals surface area contributed by atoms with Crippen LogP contribution in [0, 0.1) is 41.0 Å². The third-order valence-electron chi connectivity index (χ3n) is 6.41. The van der Waals surface area contributed by atoms with Gasteiger partial charge in [0.1, 0.15) is 5.75 Å². The maximum atomic E-state index is 12.2. The predicted octanol–water partition coefficient (Wildman–Crippen LogP) is 5.37. The topological polar surface area (TPSA) is 229 Å². The van der Waals surface area contributed by atoms with Crippen molar-refractivity contribution in [2.75, 3.05) is 35.4 Å². The highest BCUT2D eigenvalue weighted by atomic mass is 16.6. The summed E-state index contributed by atoms with van der Waals surface area (Å²) in [7, 11) is 1.56. The van der Waals surface area contributed by atoms with Gasteiger partial charge in [0.2, 0.25) is 0 Å². The van der Waals surface area contributed by atoms with Gasteiger partial charge in [-0.1, -0.05) is 6.07 Å². The molecule has 1 amide bonds.